The van der Waals surface area contributed by atoms with Gasteiger partial charge in [-0.25, -0.2) is 9.97 Å². The highest BCUT2D eigenvalue weighted by molar-refractivity contribution is 5.51. The van der Waals surface area contributed by atoms with Gasteiger partial charge in [0.1, 0.15) is 11.6 Å². The van der Waals surface area contributed by atoms with E-state index in [2.05, 4.69) is 23.7 Å². The Morgan fingerprint density at radius 3 is 2.63 bits per heavy atom. The van der Waals surface area contributed by atoms with Crippen LogP contribution in [0, 0.1) is 12.3 Å². The molecule has 0 spiro atoms. The number of aryl methyl sites for hydroxylation is 2. The maximum Gasteiger partial charge on any atom is 0.135 e. The van der Waals surface area contributed by atoms with E-state index in [1.54, 1.807) is 0 Å². The van der Waals surface area contributed by atoms with Gasteiger partial charge in [0.15, 0.2) is 0 Å². The average molecular weight is 259 g/mol. The first-order chi connectivity index (χ1) is 9.05. The Hall–Kier alpha value is -1.12. The van der Waals surface area contributed by atoms with Gasteiger partial charge < -0.3 is 4.90 Å². The topological polar surface area (TPSA) is 29.0 Å². The SMILES string of the molecule is Cc1nc2c(c(N3CCCC(C)(C)C3)n1)CCCC2. The molecule has 0 unspecified atom stereocenters. The smallest absolute Gasteiger partial charge is 0.135 e. The first kappa shape index (κ1) is 12.9. The van der Waals surface area contributed by atoms with Crippen molar-refractivity contribution in [1.82, 2.24) is 9.97 Å². The lowest BCUT2D eigenvalue weighted by Gasteiger charge is -2.40. The molecule has 2 heterocycles. The molecule has 2 aliphatic rings. The summed E-state index contributed by atoms with van der Waals surface area (Å²) in [6, 6.07) is 0. The van der Waals surface area contributed by atoms with Gasteiger partial charge in [-0.15, -0.1) is 0 Å². The van der Waals surface area contributed by atoms with Crippen molar-refractivity contribution >= 4 is 5.82 Å². The number of hydrogen-bond acceptors (Lipinski definition) is 3. The second-order valence-corrected chi connectivity index (χ2v) is 6.92. The van der Waals surface area contributed by atoms with Crippen LogP contribution < -0.4 is 4.90 Å². The molecular formula is C16H25N3. The molecule has 3 heteroatoms. The van der Waals surface area contributed by atoms with Crippen molar-refractivity contribution in [2.45, 2.75) is 59.3 Å². The lowest BCUT2D eigenvalue weighted by molar-refractivity contribution is 0.291. The second-order valence-electron chi connectivity index (χ2n) is 6.92. The number of aromatic nitrogens is 2. The summed E-state index contributed by atoms with van der Waals surface area (Å²) in [7, 11) is 0. The van der Waals surface area contributed by atoms with Crippen molar-refractivity contribution in [3.63, 3.8) is 0 Å². The van der Waals surface area contributed by atoms with E-state index in [0.29, 0.717) is 5.41 Å². The van der Waals surface area contributed by atoms with E-state index in [1.165, 1.54) is 49.2 Å². The number of fused-ring (bicyclic) bond motifs is 1. The minimum Gasteiger partial charge on any atom is -0.356 e. The quantitative estimate of drug-likeness (QED) is 0.775. The molecule has 0 N–H and O–H groups in total. The van der Waals surface area contributed by atoms with Crippen molar-refractivity contribution in [3.8, 4) is 0 Å². The first-order valence-corrected chi connectivity index (χ1v) is 7.66. The van der Waals surface area contributed by atoms with E-state index < -0.39 is 0 Å². The van der Waals surface area contributed by atoms with E-state index >= 15 is 0 Å². The van der Waals surface area contributed by atoms with Gasteiger partial charge in [-0.2, -0.15) is 0 Å². The summed E-state index contributed by atoms with van der Waals surface area (Å²) in [5.41, 5.74) is 3.17. The van der Waals surface area contributed by atoms with Gasteiger partial charge in [-0.3, -0.25) is 0 Å². The zero-order chi connectivity index (χ0) is 13.5. The molecule has 1 aromatic heterocycles. The molecule has 3 rings (SSSR count). The highest BCUT2D eigenvalue weighted by Gasteiger charge is 2.29. The molecule has 1 saturated heterocycles. The van der Waals surface area contributed by atoms with Gasteiger partial charge in [0.25, 0.3) is 0 Å². The zero-order valence-electron chi connectivity index (χ0n) is 12.5. The number of piperidine rings is 1. The molecule has 1 aliphatic heterocycles. The highest BCUT2D eigenvalue weighted by atomic mass is 15.2. The molecule has 1 aromatic rings. The Labute approximate surface area is 116 Å². The molecule has 1 aliphatic carbocycles. The van der Waals surface area contributed by atoms with Crippen LogP contribution in [-0.4, -0.2) is 23.1 Å². The lowest BCUT2D eigenvalue weighted by Crippen LogP contribution is -2.41. The summed E-state index contributed by atoms with van der Waals surface area (Å²) >= 11 is 0. The summed E-state index contributed by atoms with van der Waals surface area (Å²) in [6.45, 7) is 9.08. The Balaban J connectivity index is 1.97. The third-order valence-corrected chi connectivity index (χ3v) is 4.47. The molecule has 0 saturated carbocycles. The standard InChI is InChI=1S/C16H25N3/c1-12-17-14-8-5-4-7-13(14)15(18-12)19-10-6-9-16(2,3)11-19/h4-11H2,1-3H3. The fourth-order valence-electron chi connectivity index (χ4n) is 3.56. The summed E-state index contributed by atoms with van der Waals surface area (Å²) < 4.78 is 0. The van der Waals surface area contributed by atoms with Crippen LogP contribution >= 0.6 is 0 Å². The van der Waals surface area contributed by atoms with Crippen LogP contribution in [-0.2, 0) is 12.8 Å². The van der Waals surface area contributed by atoms with E-state index in [-0.39, 0.29) is 0 Å². The molecule has 0 radical (unpaired) electrons. The van der Waals surface area contributed by atoms with Crippen LogP contribution in [0.5, 0.6) is 0 Å². The first-order valence-electron chi connectivity index (χ1n) is 7.66. The molecule has 104 valence electrons. The van der Waals surface area contributed by atoms with Crippen LogP contribution in [0.4, 0.5) is 5.82 Å². The van der Waals surface area contributed by atoms with Gasteiger partial charge in [-0.1, -0.05) is 13.8 Å². The summed E-state index contributed by atoms with van der Waals surface area (Å²) in [6.07, 6.45) is 7.50. The molecule has 0 bridgehead atoms. The Kier molecular flexibility index (Phi) is 3.23. The van der Waals surface area contributed by atoms with E-state index in [1.807, 2.05) is 6.92 Å². The number of anilines is 1. The van der Waals surface area contributed by atoms with Crippen molar-refractivity contribution in [2.24, 2.45) is 5.41 Å². The Bertz CT molecular complexity index is 479. The normalized spacial score (nSPS) is 22.2. The van der Waals surface area contributed by atoms with E-state index in [4.69, 9.17) is 4.98 Å². The zero-order valence-corrected chi connectivity index (χ0v) is 12.5. The van der Waals surface area contributed by atoms with Crippen LogP contribution in [0.1, 0.15) is 56.6 Å². The van der Waals surface area contributed by atoms with Crippen molar-refractivity contribution in [2.75, 3.05) is 18.0 Å². The van der Waals surface area contributed by atoms with Crippen LogP contribution in [0.2, 0.25) is 0 Å². The third-order valence-electron chi connectivity index (χ3n) is 4.47. The van der Waals surface area contributed by atoms with Crippen molar-refractivity contribution < 1.29 is 0 Å². The van der Waals surface area contributed by atoms with Crippen LogP contribution in [0.15, 0.2) is 0 Å². The molecule has 19 heavy (non-hydrogen) atoms. The Morgan fingerprint density at radius 1 is 1.05 bits per heavy atom. The van der Waals surface area contributed by atoms with Gasteiger partial charge in [-0.05, 0) is 50.9 Å². The number of hydrogen-bond donors (Lipinski definition) is 0. The van der Waals surface area contributed by atoms with Gasteiger partial charge in [0.05, 0.1) is 0 Å². The van der Waals surface area contributed by atoms with Gasteiger partial charge in [0, 0.05) is 24.3 Å². The minimum absolute atomic E-state index is 0.415. The lowest BCUT2D eigenvalue weighted by atomic mass is 9.84. The number of rotatable bonds is 1. The van der Waals surface area contributed by atoms with Crippen molar-refractivity contribution in [3.05, 3.63) is 17.1 Å². The maximum absolute atomic E-state index is 4.79. The molecule has 3 nitrogen and oxygen atoms in total. The predicted molar refractivity (Wildman–Crippen MR) is 78.6 cm³/mol. The largest absolute Gasteiger partial charge is 0.356 e. The fourth-order valence-corrected chi connectivity index (χ4v) is 3.56. The molecule has 1 fully saturated rings. The molecular weight excluding hydrogens is 234 g/mol. The summed E-state index contributed by atoms with van der Waals surface area (Å²) in [4.78, 5) is 12.0. The summed E-state index contributed by atoms with van der Waals surface area (Å²) in [5.74, 6) is 2.19. The maximum atomic E-state index is 4.79. The van der Waals surface area contributed by atoms with Crippen LogP contribution in [0.3, 0.4) is 0 Å². The average Bonchev–Trinajstić information content (AvgIpc) is 2.36. The number of nitrogens with zero attached hydrogens (tertiary/aromatic N) is 3. The monoisotopic (exact) mass is 259 g/mol. The Morgan fingerprint density at radius 2 is 1.84 bits per heavy atom. The highest BCUT2D eigenvalue weighted by Crippen LogP contribution is 2.34. The van der Waals surface area contributed by atoms with Gasteiger partial charge >= 0.3 is 0 Å². The summed E-state index contributed by atoms with van der Waals surface area (Å²) in [5, 5.41) is 0. The molecule has 0 amide bonds. The van der Waals surface area contributed by atoms with Crippen molar-refractivity contribution in [1.29, 1.82) is 0 Å². The molecule has 0 atom stereocenters. The predicted octanol–water partition coefficient (Wildman–Crippen LogP) is 3.29. The van der Waals surface area contributed by atoms with Gasteiger partial charge in [0.2, 0.25) is 0 Å². The minimum atomic E-state index is 0.415. The van der Waals surface area contributed by atoms with E-state index in [0.717, 1.165) is 25.3 Å². The van der Waals surface area contributed by atoms with E-state index in [9.17, 15) is 0 Å². The van der Waals surface area contributed by atoms with Crippen LogP contribution in [0.25, 0.3) is 0 Å². The fraction of sp³-hybridized carbons (Fsp3) is 0.750. The second kappa shape index (κ2) is 4.77. The third kappa shape index (κ3) is 2.60. The molecule has 0 aromatic carbocycles.